The van der Waals surface area contributed by atoms with Gasteiger partial charge in [0.25, 0.3) is 0 Å². The van der Waals surface area contributed by atoms with Gasteiger partial charge in [0.1, 0.15) is 18.5 Å². The Morgan fingerprint density at radius 2 is 1.82 bits per heavy atom. The van der Waals surface area contributed by atoms with Gasteiger partial charge in [-0.15, -0.1) is 0 Å². The molecule has 0 spiro atoms. The van der Waals surface area contributed by atoms with Crippen LogP contribution >= 0.6 is 11.8 Å². The molecule has 1 amide bonds. The lowest BCUT2D eigenvalue weighted by Gasteiger charge is -2.24. The van der Waals surface area contributed by atoms with Crippen LogP contribution in [0.1, 0.15) is 64.4 Å². The van der Waals surface area contributed by atoms with Gasteiger partial charge in [0.15, 0.2) is 6.10 Å². The lowest BCUT2D eigenvalue weighted by molar-refractivity contribution is -0.149. The van der Waals surface area contributed by atoms with Crippen LogP contribution in [-0.2, 0) is 20.7 Å². The first-order chi connectivity index (χ1) is 16.5. The van der Waals surface area contributed by atoms with Crippen LogP contribution in [0.5, 0.6) is 5.75 Å². The first kappa shape index (κ1) is 28.3. The van der Waals surface area contributed by atoms with E-state index in [-0.39, 0.29) is 12.2 Å². The predicted octanol–water partition coefficient (Wildman–Crippen LogP) is 5.40. The van der Waals surface area contributed by atoms with E-state index in [1.807, 2.05) is 36.0 Å². The minimum absolute atomic E-state index is 0.0481. The third kappa shape index (κ3) is 11.0. The molecular formula is C26H41NO6S. The SMILES string of the molecule is CCCCCSCCN(CCOc1ccc(CC(OCC)C(=O)O)cc1)C(=O)OC1CCCC1. The molecule has 0 heterocycles. The Labute approximate surface area is 208 Å². The quantitative estimate of drug-likeness (QED) is 0.290. The first-order valence-corrected chi connectivity index (χ1v) is 13.8. The Morgan fingerprint density at radius 1 is 1.09 bits per heavy atom. The molecule has 1 aromatic carbocycles. The van der Waals surface area contributed by atoms with Crippen molar-refractivity contribution in [1.82, 2.24) is 4.90 Å². The van der Waals surface area contributed by atoms with Gasteiger partial charge in [-0.25, -0.2) is 9.59 Å². The van der Waals surface area contributed by atoms with Gasteiger partial charge in [-0.3, -0.25) is 0 Å². The highest BCUT2D eigenvalue weighted by Gasteiger charge is 2.23. The zero-order chi connectivity index (χ0) is 24.6. The molecule has 1 aliphatic rings. The van der Waals surface area contributed by atoms with E-state index in [1.54, 1.807) is 11.8 Å². The molecule has 34 heavy (non-hydrogen) atoms. The van der Waals surface area contributed by atoms with Crippen molar-refractivity contribution >= 4 is 23.8 Å². The normalized spacial score (nSPS) is 14.6. The molecule has 0 aromatic heterocycles. The van der Waals surface area contributed by atoms with Gasteiger partial charge in [0.05, 0.1) is 6.54 Å². The molecule has 2 rings (SSSR count). The molecule has 0 bridgehead atoms. The number of hydrogen-bond acceptors (Lipinski definition) is 6. The number of carboxylic acid groups (broad SMARTS) is 1. The number of benzene rings is 1. The van der Waals surface area contributed by atoms with Crippen LogP contribution in [0.2, 0.25) is 0 Å². The second kappa shape index (κ2) is 16.7. The molecule has 1 aromatic rings. The van der Waals surface area contributed by atoms with Gasteiger partial charge in [0, 0.05) is 25.3 Å². The molecule has 7 nitrogen and oxygen atoms in total. The zero-order valence-electron chi connectivity index (χ0n) is 20.7. The summed E-state index contributed by atoms with van der Waals surface area (Å²) < 4.78 is 16.9. The highest BCUT2D eigenvalue weighted by Crippen LogP contribution is 2.22. The smallest absolute Gasteiger partial charge is 0.410 e. The standard InChI is InChI=1S/C26H41NO6S/c1-3-5-8-18-34-19-16-27(26(30)33-23-9-6-7-10-23)15-17-32-22-13-11-21(12-14-22)20-24(25(28)29)31-4-2/h11-14,23-24H,3-10,15-20H2,1-2H3,(H,28,29). The second-order valence-corrected chi connectivity index (χ2v) is 9.80. The van der Waals surface area contributed by atoms with Gasteiger partial charge >= 0.3 is 12.1 Å². The Balaban J connectivity index is 1.81. The number of thioether (sulfide) groups is 1. The Morgan fingerprint density at radius 3 is 2.47 bits per heavy atom. The predicted molar refractivity (Wildman–Crippen MR) is 136 cm³/mol. The van der Waals surface area contributed by atoms with E-state index in [0.29, 0.717) is 38.5 Å². The summed E-state index contributed by atoms with van der Waals surface area (Å²) >= 11 is 1.88. The van der Waals surface area contributed by atoms with Gasteiger partial charge in [0.2, 0.25) is 0 Å². The molecule has 1 saturated carbocycles. The third-order valence-electron chi connectivity index (χ3n) is 5.84. The summed E-state index contributed by atoms with van der Waals surface area (Å²) in [4.78, 5) is 25.8. The van der Waals surface area contributed by atoms with Crippen LogP contribution < -0.4 is 4.74 Å². The van der Waals surface area contributed by atoms with Crippen molar-refractivity contribution in [2.75, 3.05) is 37.8 Å². The van der Waals surface area contributed by atoms with E-state index >= 15 is 0 Å². The molecule has 1 N–H and O–H groups in total. The Hall–Kier alpha value is -1.93. The number of carbonyl (C=O) groups is 2. The number of rotatable bonds is 17. The van der Waals surface area contributed by atoms with Crippen LogP contribution in [0.4, 0.5) is 4.79 Å². The van der Waals surface area contributed by atoms with Crippen molar-refractivity contribution in [2.45, 2.75) is 77.4 Å². The van der Waals surface area contributed by atoms with Gasteiger partial charge in [-0.1, -0.05) is 31.9 Å². The second-order valence-electron chi connectivity index (χ2n) is 8.58. The monoisotopic (exact) mass is 495 g/mol. The van der Waals surface area contributed by atoms with Crippen molar-refractivity contribution in [1.29, 1.82) is 0 Å². The number of ether oxygens (including phenoxy) is 3. The molecule has 192 valence electrons. The van der Waals surface area contributed by atoms with Crippen LogP contribution in [-0.4, -0.2) is 72.1 Å². The fourth-order valence-corrected chi connectivity index (χ4v) is 4.84. The first-order valence-electron chi connectivity index (χ1n) is 12.6. The largest absolute Gasteiger partial charge is 0.492 e. The van der Waals surface area contributed by atoms with Crippen molar-refractivity contribution in [3.05, 3.63) is 29.8 Å². The number of amides is 1. The molecule has 0 radical (unpaired) electrons. The van der Waals surface area contributed by atoms with Crippen LogP contribution in [0.15, 0.2) is 24.3 Å². The minimum atomic E-state index is -0.963. The average molecular weight is 496 g/mol. The topological polar surface area (TPSA) is 85.3 Å². The van der Waals surface area contributed by atoms with E-state index in [0.717, 1.165) is 42.8 Å². The maximum atomic E-state index is 12.7. The molecule has 0 aliphatic heterocycles. The van der Waals surface area contributed by atoms with E-state index < -0.39 is 12.1 Å². The molecule has 0 saturated heterocycles. The lowest BCUT2D eigenvalue weighted by Crippen LogP contribution is -2.38. The Bertz CT molecular complexity index is 708. The number of aliphatic carboxylic acids is 1. The van der Waals surface area contributed by atoms with E-state index in [9.17, 15) is 14.7 Å². The minimum Gasteiger partial charge on any atom is -0.492 e. The van der Waals surface area contributed by atoms with Gasteiger partial charge in [-0.05, 0) is 62.5 Å². The van der Waals surface area contributed by atoms with Crippen LogP contribution in [0, 0.1) is 0 Å². The van der Waals surface area contributed by atoms with Crippen molar-refractivity contribution < 1.29 is 28.9 Å². The maximum absolute atomic E-state index is 12.7. The fourth-order valence-electron chi connectivity index (χ4n) is 3.88. The van der Waals surface area contributed by atoms with Gasteiger partial charge in [-0.2, -0.15) is 11.8 Å². The summed E-state index contributed by atoms with van der Waals surface area (Å²) in [6.07, 6.45) is 7.11. The van der Waals surface area contributed by atoms with Crippen LogP contribution in [0.3, 0.4) is 0 Å². The average Bonchev–Trinajstić information content (AvgIpc) is 3.33. The molecule has 1 unspecified atom stereocenters. The van der Waals surface area contributed by atoms with E-state index in [4.69, 9.17) is 14.2 Å². The van der Waals surface area contributed by atoms with Crippen molar-refractivity contribution in [3.63, 3.8) is 0 Å². The van der Waals surface area contributed by atoms with Crippen molar-refractivity contribution in [2.24, 2.45) is 0 Å². The van der Waals surface area contributed by atoms with E-state index in [1.165, 1.54) is 19.3 Å². The third-order valence-corrected chi connectivity index (χ3v) is 6.89. The molecule has 8 heteroatoms. The maximum Gasteiger partial charge on any atom is 0.410 e. The molecular weight excluding hydrogens is 454 g/mol. The molecule has 1 fully saturated rings. The van der Waals surface area contributed by atoms with Crippen molar-refractivity contribution in [3.8, 4) is 5.75 Å². The summed E-state index contributed by atoms with van der Waals surface area (Å²) in [5.74, 6) is 1.73. The summed E-state index contributed by atoms with van der Waals surface area (Å²) in [5.41, 5.74) is 0.870. The highest BCUT2D eigenvalue weighted by molar-refractivity contribution is 7.99. The summed E-state index contributed by atoms with van der Waals surface area (Å²) in [5, 5.41) is 9.24. The fraction of sp³-hybridized carbons (Fsp3) is 0.692. The summed E-state index contributed by atoms with van der Waals surface area (Å²) in [6.45, 7) is 5.83. The van der Waals surface area contributed by atoms with Gasteiger partial charge < -0.3 is 24.2 Å². The van der Waals surface area contributed by atoms with E-state index in [2.05, 4.69) is 6.92 Å². The molecule has 1 atom stereocenters. The number of nitrogens with zero attached hydrogens (tertiary/aromatic N) is 1. The number of carbonyl (C=O) groups excluding carboxylic acids is 1. The zero-order valence-corrected chi connectivity index (χ0v) is 21.5. The highest BCUT2D eigenvalue weighted by atomic mass is 32.2. The number of carboxylic acids is 1. The number of hydrogen-bond donors (Lipinski definition) is 1. The Kier molecular flexibility index (Phi) is 13.9. The lowest BCUT2D eigenvalue weighted by atomic mass is 10.1. The summed E-state index contributed by atoms with van der Waals surface area (Å²) in [7, 11) is 0. The summed E-state index contributed by atoms with van der Waals surface area (Å²) in [6, 6.07) is 7.35. The number of unbranched alkanes of at least 4 members (excludes halogenated alkanes) is 2. The van der Waals surface area contributed by atoms with Crippen LogP contribution in [0.25, 0.3) is 0 Å². The molecule has 1 aliphatic carbocycles.